The minimum Gasteiger partial charge on any atom is -0.431 e. The Morgan fingerprint density at radius 3 is 2.56 bits per heavy atom. The molecule has 0 fully saturated rings. The summed E-state index contributed by atoms with van der Waals surface area (Å²) in [5.41, 5.74) is 4.87. The van der Waals surface area contributed by atoms with Crippen molar-refractivity contribution < 1.29 is 9.21 Å². The summed E-state index contributed by atoms with van der Waals surface area (Å²) in [6, 6.07) is 24.6. The summed E-state index contributed by atoms with van der Waals surface area (Å²) in [6.07, 6.45) is 1.91. The number of carbonyl (C=O) groups excluding carboxylic acids is 1. The third kappa shape index (κ3) is 4.70. The summed E-state index contributed by atoms with van der Waals surface area (Å²) >= 11 is 1.49. The molecule has 0 radical (unpaired) electrons. The second-order valence-electron chi connectivity index (χ2n) is 7.16. The van der Waals surface area contributed by atoms with E-state index in [2.05, 4.69) is 20.6 Å². The van der Waals surface area contributed by atoms with Gasteiger partial charge in [-0.15, -0.1) is 5.10 Å². The fourth-order valence-electron chi connectivity index (χ4n) is 3.20. The smallest absolute Gasteiger partial charge is 0.257 e. The monoisotopic (exact) mass is 441 g/mol. The number of anilines is 1. The quantitative estimate of drug-likeness (QED) is 0.357. The first-order valence-corrected chi connectivity index (χ1v) is 11.0. The van der Waals surface area contributed by atoms with Crippen LogP contribution in [0.4, 0.5) is 5.69 Å². The van der Waals surface area contributed by atoms with Crippen molar-refractivity contribution in [2.24, 2.45) is 0 Å². The third-order valence-electron chi connectivity index (χ3n) is 4.80. The number of aromatic nitrogens is 4. The zero-order valence-corrected chi connectivity index (χ0v) is 17.8. The van der Waals surface area contributed by atoms with Gasteiger partial charge in [0.25, 0.3) is 11.1 Å². The molecule has 8 heteroatoms. The number of para-hydroxylation sites is 3. The van der Waals surface area contributed by atoms with E-state index in [9.17, 15) is 4.79 Å². The van der Waals surface area contributed by atoms with Gasteiger partial charge in [-0.2, -0.15) is 0 Å². The highest BCUT2D eigenvalue weighted by Gasteiger charge is 2.09. The van der Waals surface area contributed by atoms with E-state index in [-0.39, 0.29) is 5.91 Å². The molecule has 5 rings (SSSR count). The minimum atomic E-state index is -0.137. The lowest BCUT2D eigenvalue weighted by Crippen LogP contribution is -2.11. The van der Waals surface area contributed by atoms with Crippen LogP contribution in [0.1, 0.15) is 21.6 Å². The lowest BCUT2D eigenvalue weighted by molar-refractivity contribution is 0.102. The van der Waals surface area contributed by atoms with Crippen molar-refractivity contribution in [2.45, 2.75) is 17.5 Å². The predicted molar refractivity (Wildman–Crippen MR) is 124 cm³/mol. The Kier molecular flexibility index (Phi) is 5.67. The molecule has 1 amide bonds. The van der Waals surface area contributed by atoms with E-state index < -0.39 is 0 Å². The van der Waals surface area contributed by atoms with Crippen molar-refractivity contribution in [3.8, 4) is 0 Å². The Morgan fingerprint density at radius 1 is 0.969 bits per heavy atom. The average Bonchev–Trinajstić information content (AvgIpc) is 3.45. The largest absolute Gasteiger partial charge is 0.431 e. The van der Waals surface area contributed by atoms with Gasteiger partial charge in [0, 0.05) is 23.2 Å². The molecule has 5 aromatic rings. The average molecular weight is 442 g/mol. The van der Waals surface area contributed by atoms with Crippen molar-refractivity contribution in [2.75, 3.05) is 5.32 Å². The van der Waals surface area contributed by atoms with Gasteiger partial charge in [-0.25, -0.2) is 9.67 Å². The Morgan fingerprint density at radius 2 is 1.75 bits per heavy atom. The minimum absolute atomic E-state index is 0.137. The Labute approximate surface area is 188 Å². The predicted octanol–water partition coefficient (Wildman–Crippen LogP) is 5.01. The van der Waals surface area contributed by atoms with Crippen LogP contribution in [0.5, 0.6) is 0 Å². The standard InChI is InChI=1S/C24H19N5O2S/c30-23(25-19-6-2-1-3-7-19)18-12-10-17(11-13-18)14-29-15-20(27-28-29)16-32-24-26-21-8-4-5-9-22(21)31-24/h1-13,15H,14,16H2,(H,25,30). The lowest BCUT2D eigenvalue weighted by atomic mass is 10.1. The number of rotatable bonds is 7. The fourth-order valence-corrected chi connectivity index (χ4v) is 3.92. The molecule has 0 aliphatic heterocycles. The van der Waals surface area contributed by atoms with Crippen molar-refractivity contribution >= 4 is 34.5 Å². The summed E-state index contributed by atoms with van der Waals surface area (Å²) < 4.78 is 7.50. The van der Waals surface area contributed by atoms with Crippen molar-refractivity contribution in [3.63, 3.8) is 0 Å². The molecule has 158 valence electrons. The summed E-state index contributed by atoms with van der Waals surface area (Å²) in [5, 5.41) is 11.9. The van der Waals surface area contributed by atoms with Crippen molar-refractivity contribution in [1.82, 2.24) is 20.0 Å². The molecule has 32 heavy (non-hydrogen) atoms. The van der Waals surface area contributed by atoms with E-state index in [4.69, 9.17) is 4.42 Å². The first-order chi connectivity index (χ1) is 15.7. The zero-order chi connectivity index (χ0) is 21.8. The molecular formula is C24H19N5O2S. The Balaban J connectivity index is 1.17. The van der Waals surface area contributed by atoms with Crippen LogP contribution in [0.2, 0.25) is 0 Å². The number of thioether (sulfide) groups is 1. The van der Waals surface area contributed by atoms with Gasteiger partial charge >= 0.3 is 0 Å². The molecule has 3 aromatic carbocycles. The SMILES string of the molecule is O=C(Nc1ccccc1)c1ccc(Cn2cc(CSc3nc4ccccc4o3)nn2)cc1. The number of hydrogen-bond acceptors (Lipinski definition) is 6. The Hall–Kier alpha value is -3.91. The summed E-state index contributed by atoms with van der Waals surface area (Å²) in [7, 11) is 0. The molecule has 1 N–H and O–H groups in total. The number of oxazole rings is 1. The molecule has 0 saturated carbocycles. The zero-order valence-electron chi connectivity index (χ0n) is 17.0. The fraction of sp³-hybridized carbons (Fsp3) is 0.0833. The van der Waals surface area contributed by atoms with Crippen LogP contribution in [-0.2, 0) is 12.3 Å². The topological polar surface area (TPSA) is 85.8 Å². The van der Waals surface area contributed by atoms with E-state index in [0.29, 0.717) is 23.1 Å². The first-order valence-electron chi connectivity index (χ1n) is 10.1. The summed E-state index contributed by atoms with van der Waals surface area (Å²) in [4.78, 5) is 16.8. The number of nitrogens with one attached hydrogen (secondary N) is 1. The van der Waals surface area contributed by atoms with E-state index in [1.165, 1.54) is 11.8 Å². The second kappa shape index (κ2) is 9.07. The summed E-state index contributed by atoms with van der Waals surface area (Å²) in [5.74, 6) is 0.479. The molecule has 2 heterocycles. The van der Waals surface area contributed by atoms with Crippen molar-refractivity contribution in [3.05, 3.63) is 102 Å². The van der Waals surface area contributed by atoms with Gasteiger partial charge in [-0.3, -0.25) is 4.79 Å². The van der Waals surface area contributed by atoms with Gasteiger partial charge in [0.05, 0.1) is 12.2 Å². The molecule has 0 saturated heterocycles. The number of amides is 1. The molecule has 0 atom stereocenters. The molecule has 0 aliphatic rings. The summed E-state index contributed by atoms with van der Waals surface area (Å²) in [6.45, 7) is 0.571. The normalized spacial score (nSPS) is 11.0. The maximum absolute atomic E-state index is 12.4. The highest BCUT2D eigenvalue weighted by Crippen LogP contribution is 2.25. The van der Waals surface area contributed by atoms with Crippen LogP contribution in [0, 0.1) is 0 Å². The number of nitrogens with zero attached hydrogens (tertiary/aromatic N) is 4. The number of benzene rings is 3. The Bertz CT molecular complexity index is 1310. The maximum Gasteiger partial charge on any atom is 0.257 e. The van der Waals surface area contributed by atoms with Gasteiger partial charge in [0.2, 0.25) is 0 Å². The highest BCUT2D eigenvalue weighted by atomic mass is 32.2. The number of carbonyl (C=O) groups is 1. The van der Waals surface area contributed by atoms with E-state index >= 15 is 0 Å². The lowest BCUT2D eigenvalue weighted by Gasteiger charge is -2.06. The maximum atomic E-state index is 12.4. The van der Waals surface area contributed by atoms with Crippen molar-refractivity contribution in [1.29, 1.82) is 0 Å². The molecule has 0 bridgehead atoms. The van der Waals surface area contributed by atoms with Gasteiger partial charge < -0.3 is 9.73 Å². The van der Waals surface area contributed by atoms with Crippen LogP contribution in [-0.4, -0.2) is 25.9 Å². The third-order valence-corrected chi connectivity index (χ3v) is 5.66. The van der Waals surface area contributed by atoms with E-state index in [0.717, 1.165) is 28.0 Å². The van der Waals surface area contributed by atoms with E-state index in [1.54, 1.807) is 4.68 Å². The van der Waals surface area contributed by atoms with Crippen LogP contribution in [0.15, 0.2) is 94.7 Å². The molecule has 0 aliphatic carbocycles. The number of hydrogen-bond donors (Lipinski definition) is 1. The molecule has 0 spiro atoms. The van der Waals surface area contributed by atoms with Crippen LogP contribution in [0.25, 0.3) is 11.1 Å². The van der Waals surface area contributed by atoms with Gasteiger partial charge in [-0.05, 0) is 42.0 Å². The van der Waals surface area contributed by atoms with Gasteiger partial charge in [0.1, 0.15) is 5.52 Å². The molecule has 2 aromatic heterocycles. The van der Waals surface area contributed by atoms with Crippen LogP contribution < -0.4 is 5.32 Å². The highest BCUT2D eigenvalue weighted by molar-refractivity contribution is 7.98. The van der Waals surface area contributed by atoms with Crippen LogP contribution >= 0.6 is 11.8 Å². The van der Waals surface area contributed by atoms with Gasteiger partial charge in [0.15, 0.2) is 5.58 Å². The van der Waals surface area contributed by atoms with Gasteiger partial charge in [-0.1, -0.05) is 59.4 Å². The molecular weight excluding hydrogens is 422 g/mol. The molecule has 7 nitrogen and oxygen atoms in total. The number of fused-ring (bicyclic) bond motifs is 1. The van der Waals surface area contributed by atoms with Crippen LogP contribution in [0.3, 0.4) is 0 Å². The first kappa shape index (κ1) is 20.0. The molecule has 0 unspecified atom stereocenters. The van der Waals surface area contributed by atoms with E-state index in [1.807, 2.05) is 85.1 Å². The second-order valence-corrected chi connectivity index (χ2v) is 8.09.